The van der Waals surface area contributed by atoms with Crippen LogP contribution in [0.2, 0.25) is 0 Å². The highest BCUT2D eigenvalue weighted by Crippen LogP contribution is 2.15. The Kier molecular flexibility index (Phi) is 9.04. The van der Waals surface area contributed by atoms with E-state index in [1.807, 2.05) is 13.0 Å². The van der Waals surface area contributed by atoms with E-state index in [2.05, 4.69) is 22.1 Å². The molecule has 0 saturated carbocycles. The molecule has 136 valence electrons. The maximum Gasteiger partial charge on any atom is 0.193 e. The van der Waals surface area contributed by atoms with Crippen molar-refractivity contribution in [1.82, 2.24) is 10.2 Å². The van der Waals surface area contributed by atoms with E-state index in [-0.39, 0.29) is 36.3 Å². The van der Waals surface area contributed by atoms with E-state index in [9.17, 15) is 8.42 Å². The summed E-state index contributed by atoms with van der Waals surface area (Å²) in [6.45, 7) is 7.32. The third-order valence-corrected chi connectivity index (χ3v) is 5.73. The Morgan fingerprint density at radius 3 is 2.67 bits per heavy atom. The molecule has 0 aliphatic carbocycles. The molecule has 5 nitrogen and oxygen atoms in total. The standard InChI is InChI=1S/C17H27N3O2S.HI/c1-3-18-17(20-12-7-8-15(2)14-20)19-11-13-23(21,22)16-9-5-4-6-10-16;/h4-6,9-10,15H,3,7-8,11-14H2,1-2H3,(H,18,19);1H. The minimum absolute atomic E-state index is 0. The molecule has 1 saturated heterocycles. The lowest BCUT2D eigenvalue weighted by atomic mass is 10.0. The lowest BCUT2D eigenvalue weighted by molar-refractivity contribution is 0.266. The quantitative estimate of drug-likeness (QED) is 0.413. The molecule has 0 aromatic heterocycles. The van der Waals surface area contributed by atoms with Crippen LogP contribution < -0.4 is 5.32 Å². The van der Waals surface area contributed by atoms with Crippen molar-refractivity contribution in [1.29, 1.82) is 0 Å². The number of hydrogen-bond donors (Lipinski definition) is 1. The molecular weight excluding hydrogens is 437 g/mol. The summed E-state index contributed by atoms with van der Waals surface area (Å²) < 4.78 is 24.6. The summed E-state index contributed by atoms with van der Waals surface area (Å²) in [5, 5.41) is 3.28. The summed E-state index contributed by atoms with van der Waals surface area (Å²) in [7, 11) is -3.27. The Morgan fingerprint density at radius 2 is 2.04 bits per heavy atom. The van der Waals surface area contributed by atoms with Crippen molar-refractivity contribution in [2.75, 3.05) is 31.9 Å². The van der Waals surface area contributed by atoms with Gasteiger partial charge in [0.15, 0.2) is 15.8 Å². The van der Waals surface area contributed by atoms with Crippen LogP contribution in [0.1, 0.15) is 26.7 Å². The van der Waals surface area contributed by atoms with Crippen LogP contribution in [0.15, 0.2) is 40.2 Å². The Hall–Kier alpha value is -0.830. The zero-order chi connectivity index (χ0) is 16.7. The van der Waals surface area contributed by atoms with Crippen LogP contribution in [0.3, 0.4) is 0 Å². The third-order valence-electron chi connectivity index (χ3n) is 4.02. The SMILES string of the molecule is CCNC(=NCCS(=O)(=O)c1ccccc1)N1CCCC(C)C1.I. The Morgan fingerprint density at radius 1 is 1.33 bits per heavy atom. The molecule has 0 radical (unpaired) electrons. The molecule has 1 heterocycles. The minimum Gasteiger partial charge on any atom is -0.357 e. The molecule has 1 atom stereocenters. The predicted molar refractivity (Wildman–Crippen MR) is 110 cm³/mol. The number of likely N-dealkylation sites (tertiary alicyclic amines) is 1. The van der Waals surface area contributed by atoms with Crippen LogP contribution in [0.25, 0.3) is 0 Å². The number of guanidine groups is 1. The topological polar surface area (TPSA) is 61.8 Å². The first kappa shape index (κ1) is 21.2. The van der Waals surface area contributed by atoms with E-state index in [0.29, 0.717) is 10.8 Å². The number of hydrogen-bond acceptors (Lipinski definition) is 3. The number of aliphatic imine (C=N–C) groups is 1. The monoisotopic (exact) mass is 465 g/mol. The first-order valence-corrected chi connectivity index (χ1v) is 9.99. The fourth-order valence-electron chi connectivity index (χ4n) is 2.83. The van der Waals surface area contributed by atoms with Gasteiger partial charge in [0, 0.05) is 19.6 Å². The van der Waals surface area contributed by atoms with E-state index in [4.69, 9.17) is 0 Å². The first-order valence-electron chi connectivity index (χ1n) is 8.34. The van der Waals surface area contributed by atoms with Crippen LogP contribution in [0.4, 0.5) is 0 Å². The molecule has 1 aliphatic heterocycles. The lowest BCUT2D eigenvalue weighted by Gasteiger charge is -2.33. The van der Waals surface area contributed by atoms with Crippen molar-refractivity contribution in [2.45, 2.75) is 31.6 Å². The van der Waals surface area contributed by atoms with Crippen LogP contribution in [-0.4, -0.2) is 51.2 Å². The number of nitrogens with zero attached hydrogens (tertiary/aromatic N) is 2. The third kappa shape index (κ3) is 6.23. The molecule has 0 spiro atoms. The molecule has 0 amide bonds. The van der Waals surface area contributed by atoms with Gasteiger partial charge in [-0.25, -0.2) is 8.42 Å². The van der Waals surface area contributed by atoms with Crippen LogP contribution >= 0.6 is 24.0 Å². The van der Waals surface area contributed by atoms with Crippen LogP contribution in [-0.2, 0) is 9.84 Å². The Bertz CT molecular complexity index is 620. The summed E-state index contributed by atoms with van der Waals surface area (Å²) in [5.41, 5.74) is 0. The smallest absolute Gasteiger partial charge is 0.193 e. The second kappa shape index (κ2) is 10.2. The van der Waals surface area contributed by atoms with Gasteiger partial charge < -0.3 is 10.2 Å². The molecule has 1 aliphatic rings. The molecular formula is C17H28IN3O2S. The van der Waals surface area contributed by atoms with Gasteiger partial charge in [-0.2, -0.15) is 0 Å². The zero-order valence-electron chi connectivity index (χ0n) is 14.4. The maximum absolute atomic E-state index is 12.3. The Labute approximate surface area is 162 Å². The zero-order valence-corrected chi connectivity index (χ0v) is 17.6. The van der Waals surface area contributed by atoms with Crippen molar-refractivity contribution in [3.63, 3.8) is 0 Å². The summed E-state index contributed by atoms with van der Waals surface area (Å²) in [6.07, 6.45) is 2.41. The van der Waals surface area contributed by atoms with Gasteiger partial charge in [0.2, 0.25) is 0 Å². The summed E-state index contributed by atoms with van der Waals surface area (Å²) in [5.74, 6) is 1.53. The largest absolute Gasteiger partial charge is 0.357 e. The number of halogens is 1. The number of nitrogens with one attached hydrogen (secondary N) is 1. The molecule has 7 heteroatoms. The van der Waals surface area contributed by atoms with Gasteiger partial charge in [0.25, 0.3) is 0 Å². The average Bonchev–Trinajstić information content (AvgIpc) is 2.55. The van der Waals surface area contributed by atoms with Crippen LogP contribution in [0.5, 0.6) is 0 Å². The molecule has 1 unspecified atom stereocenters. The van der Waals surface area contributed by atoms with Gasteiger partial charge in [0.1, 0.15) is 0 Å². The van der Waals surface area contributed by atoms with Crippen molar-refractivity contribution >= 4 is 39.8 Å². The number of benzene rings is 1. The highest BCUT2D eigenvalue weighted by molar-refractivity contribution is 14.0. The molecule has 1 aromatic rings. The molecule has 1 aromatic carbocycles. The number of sulfone groups is 1. The molecule has 1 N–H and O–H groups in total. The van der Waals surface area contributed by atoms with E-state index in [1.54, 1.807) is 24.3 Å². The second-order valence-corrected chi connectivity index (χ2v) is 8.17. The minimum atomic E-state index is -3.27. The van der Waals surface area contributed by atoms with E-state index in [0.717, 1.165) is 32.0 Å². The van der Waals surface area contributed by atoms with E-state index >= 15 is 0 Å². The van der Waals surface area contributed by atoms with E-state index in [1.165, 1.54) is 6.42 Å². The highest BCUT2D eigenvalue weighted by atomic mass is 127. The molecule has 0 bridgehead atoms. The molecule has 24 heavy (non-hydrogen) atoms. The normalized spacial score (nSPS) is 18.8. The Balaban J connectivity index is 0.00000288. The summed E-state index contributed by atoms with van der Waals surface area (Å²) in [6, 6.07) is 8.58. The van der Waals surface area contributed by atoms with Gasteiger partial charge in [-0.1, -0.05) is 25.1 Å². The maximum atomic E-state index is 12.3. The molecule has 1 fully saturated rings. The number of rotatable bonds is 5. The fourth-order valence-corrected chi connectivity index (χ4v) is 3.96. The summed E-state index contributed by atoms with van der Waals surface area (Å²) in [4.78, 5) is 7.14. The summed E-state index contributed by atoms with van der Waals surface area (Å²) >= 11 is 0. The van der Waals surface area contributed by atoms with Crippen molar-refractivity contribution in [3.8, 4) is 0 Å². The van der Waals surface area contributed by atoms with Gasteiger partial charge in [-0.3, -0.25) is 4.99 Å². The molecule has 2 rings (SSSR count). The van der Waals surface area contributed by atoms with Gasteiger partial charge >= 0.3 is 0 Å². The van der Waals surface area contributed by atoms with Crippen LogP contribution in [0, 0.1) is 5.92 Å². The van der Waals surface area contributed by atoms with Crippen molar-refractivity contribution < 1.29 is 8.42 Å². The van der Waals surface area contributed by atoms with Gasteiger partial charge in [-0.15, -0.1) is 24.0 Å². The first-order chi connectivity index (χ1) is 11.0. The van der Waals surface area contributed by atoms with Crippen molar-refractivity contribution in [2.24, 2.45) is 10.9 Å². The van der Waals surface area contributed by atoms with E-state index < -0.39 is 9.84 Å². The van der Waals surface area contributed by atoms with Crippen molar-refractivity contribution in [3.05, 3.63) is 30.3 Å². The lowest BCUT2D eigenvalue weighted by Crippen LogP contribution is -2.46. The fraction of sp³-hybridized carbons (Fsp3) is 0.588. The number of piperidine rings is 1. The van der Waals surface area contributed by atoms with Gasteiger partial charge in [-0.05, 0) is 37.8 Å². The second-order valence-electron chi connectivity index (χ2n) is 6.06. The average molecular weight is 465 g/mol. The predicted octanol–water partition coefficient (Wildman–Crippen LogP) is 2.78. The van der Waals surface area contributed by atoms with Gasteiger partial charge in [0.05, 0.1) is 17.2 Å². The highest BCUT2D eigenvalue weighted by Gasteiger charge is 2.19.